The lowest BCUT2D eigenvalue weighted by Crippen LogP contribution is -2.23. The maximum absolute atomic E-state index is 4.47. The van der Waals surface area contributed by atoms with Crippen LogP contribution in [-0.4, -0.2) is 15.6 Å². The average Bonchev–Trinajstić information content (AvgIpc) is 2.77. The summed E-state index contributed by atoms with van der Waals surface area (Å²) in [4.78, 5) is 4.47. The smallest absolute Gasteiger partial charge is 0.202 e. The Hall–Kier alpha value is -0.990. The molecule has 1 heterocycles. The Balaban J connectivity index is 1.88. The Bertz CT molecular complexity index is 324. The number of hydrogen-bond donors (Lipinski definition) is 1. The second-order valence-corrected chi connectivity index (χ2v) is 5.48. The molecule has 0 spiro atoms. The van der Waals surface area contributed by atoms with Crippen molar-refractivity contribution < 1.29 is 0 Å². The molecule has 102 valence electrons. The van der Waals surface area contributed by atoms with E-state index < -0.39 is 0 Å². The molecule has 0 atom stereocenters. The monoisotopic (exact) mass is 249 g/mol. The van der Waals surface area contributed by atoms with Gasteiger partial charge in [0.15, 0.2) is 0 Å². The molecule has 1 aliphatic rings. The minimum absolute atomic E-state index is 0.632. The molecule has 0 saturated heterocycles. The first-order chi connectivity index (χ1) is 8.90. The second kappa shape index (κ2) is 7.45. The van der Waals surface area contributed by atoms with E-state index >= 15 is 0 Å². The van der Waals surface area contributed by atoms with E-state index in [1.54, 1.807) is 0 Å². The van der Waals surface area contributed by atoms with Crippen LogP contribution in [0.25, 0.3) is 0 Å². The van der Waals surface area contributed by atoms with Crippen molar-refractivity contribution in [2.45, 2.75) is 77.3 Å². The molecule has 1 aromatic heterocycles. The van der Waals surface area contributed by atoms with Crippen molar-refractivity contribution in [3.8, 4) is 0 Å². The minimum Gasteiger partial charge on any atom is -0.353 e. The van der Waals surface area contributed by atoms with Crippen molar-refractivity contribution in [2.24, 2.45) is 0 Å². The van der Waals surface area contributed by atoms with Crippen LogP contribution in [0.1, 0.15) is 64.7 Å². The minimum atomic E-state index is 0.632. The average molecular weight is 249 g/mol. The molecular formula is C15H27N3. The lowest BCUT2D eigenvalue weighted by molar-refractivity contribution is 0.467. The summed E-state index contributed by atoms with van der Waals surface area (Å²) in [5.74, 6) is 1.08. The number of nitrogens with one attached hydrogen (secondary N) is 1. The molecule has 1 N–H and O–H groups in total. The molecule has 1 saturated carbocycles. The quantitative estimate of drug-likeness (QED) is 0.847. The van der Waals surface area contributed by atoms with Crippen LogP contribution in [0.4, 0.5) is 5.95 Å². The summed E-state index contributed by atoms with van der Waals surface area (Å²) in [6.07, 6.45) is 16.1. The molecule has 0 aliphatic heterocycles. The third kappa shape index (κ3) is 4.04. The lowest BCUT2D eigenvalue weighted by atomic mass is 9.97. The van der Waals surface area contributed by atoms with Crippen LogP contribution >= 0.6 is 0 Å². The number of anilines is 1. The molecule has 0 amide bonds. The molecule has 3 nitrogen and oxygen atoms in total. The molecule has 1 aliphatic carbocycles. The fourth-order valence-electron chi connectivity index (χ4n) is 2.74. The molecule has 1 fully saturated rings. The maximum atomic E-state index is 4.47. The first-order valence-corrected chi connectivity index (χ1v) is 7.68. The van der Waals surface area contributed by atoms with Crippen molar-refractivity contribution in [1.82, 2.24) is 9.55 Å². The number of nitrogens with zero attached hydrogens (tertiary/aromatic N) is 2. The molecule has 0 radical (unpaired) electrons. The molecule has 0 unspecified atom stereocenters. The largest absolute Gasteiger partial charge is 0.353 e. The van der Waals surface area contributed by atoms with Crippen molar-refractivity contribution in [2.75, 3.05) is 5.32 Å². The fourth-order valence-corrected chi connectivity index (χ4v) is 2.74. The van der Waals surface area contributed by atoms with Crippen LogP contribution in [0, 0.1) is 0 Å². The van der Waals surface area contributed by atoms with Gasteiger partial charge in [-0.1, -0.05) is 45.4 Å². The SMILES string of the molecule is CCCCn1ccnc1NC1CCCCCCC1. The summed E-state index contributed by atoms with van der Waals surface area (Å²) >= 11 is 0. The highest BCUT2D eigenvalue weighted by Crippen LogP contribution is 2.20. The van der Waals surface area contributed by atoms with Gasteiger partial charge in [0.05, 0.1) is 0 Å². The molecular weight excluding hydrogens is 222 g/mol. The van der Waals surface area contributed by atoms with Gasteiger partial charge in [-0.05, 0) is 19.3 Å². The molecule has 3 heteroatoms. The fraction of sp³-hybridized carbons (Fsp3) is 0.800. The van der Waals surface area contributed by atoms with E-state index in [-0.39, 0.29) is 0 Å². The van der Waals surface area contributed by atoms with Crippen LogP contribution in [0.3, 0.4) is 0 Å². The van der Waals surface area contributed by atoms with E-state index in [0.717, 1.165) is 12.5 Å². The van der Waals surface area contributed by atoms with Crippen LogP contribution < -0.4 is 5.32 Å². The van der Waals surface area contributed by atoms with Crippen LogP contribution in [0.15, 0.2) is 12.4 Å². The summed E-state index contributed by atoms with van der Waals surface area (Å²) in [6, 6.07) is 0.632. The van der Waals surface area contributed by atoms with E-state index in [1.807, 2.05) is 6.20 Å². The number of aromatic nitrogens is 2. The van der Waals surface area contributed by atoms with Gasteiger partial charge in [0.1, 0.15) is 0 Å². The van der Waals surface area contributed by atoms with Crippen LogP contribution in [-0.2, 0) is 6.54 Å². The number of imidazole rings is 1. The van der Waals surface area contributed by atoms with Gasteiger partial charge >= 0.3 is 0 Å². The summed E-state index contributed by atoms with van der Waals surface area (Å²) < 4.78 is 2.27. The van der Waals surface area contributed by atoms with Crippen molar-refractivity contribution in [3.63, 3.8) is 0 Å². The third-order valence-electron chi connectivity index (χ3n) is 3.91. The molecule has 0 bridgehead atoms. The van der Waals surface area contributed by atoms with Crippen molar-refractivity contribution in [1.29, 1.82) is 0 Å². The van der Waals surface area contributed by atoms with Gasteiger partial charge in [0.25, 0.3) is 0 Å². The molecule has 2 rings (SSSR count). The highest BCUT2D eigenvalue weighted by molar-refractivity contribution is 5.27. The number of unbranched alkanes of at least 4 members (excludes halogenated alkanes) is 1. The Labute approximate surface area is 111 Å². The van der Waals surface area contributed by atoms with Crippen molar-refractivity contribution in [3.05, 3.63) is 12.4 Å². The Morgan fingerprint density at radius 3 is 2.67 bits per heavy atom. The van der Waals surface area contributed by atoms with E-state index in [2.05, 4.69) is 28.0 Å². The highest BCUT2D eigenvalue weighted by atomic mass is 15.2. The summed E-state index contributed by atoms with van der Waals surface area (Å²) in [6.45, 7) is 3.32. The van der Waals surface area contributed by atoms with Gasteiger partial charge in [-0.3, -0.25) is 0 Å². The van der Waals surface area contributed by atoms with Gasteiger partial charge in [-0.15, -0.1) is 0 Å². The predicted octanol–water partition coefficient (Wildman–Crippen LogP) is 4.21. The van der Waals surface area contributed by atoms with Gasteiger partial charge in [-0.2, -0.15) is 0 Å². The van der Waals surface area contributed by atoms with E-state index in [1.165, 1.54) is 57.8 Å². The first-order valence-electron chi connectivity index (χ1n) is 7.68. The number of hydrogen-bond acceptors (Lipinski definition) is 2. The standard InChI is InChI=1S/C15H27N3/c1-2-3-12-18-13-11-16-15(18)17-14-9-7-5-4-6-8-10-14/h11,13-14H,2-10,12H2,1H3,(H,16,17). The van der Waals surface area contributed by atoms with Gasteiger partial charge in [0, 0.05) is 25.0 Å². The van der Waals surface area contributed by atoms with Crippen molar-refractivity contribution >= 4 is 5.95 Å². The maximum Gasteiger partial charge on any atom is 0.202 e. The van der Waals surface area contributed by atoms with Gasteiger partial charge in [-0.25, -0.2) is 4.98 Å². The topological polar surface area (TPSA) is 29.9 Å². The molecule has 0 aromatic carbocycles. The zero-order valence-corrected chi connectivity index (χ0v) is 11.7. The predicted molar refractivity (Wildman–Crippen MR) is 76.9 cm³/mol. The highest BCUT2D eigenvalue weighted by Gasteiger charge is 2.13. The second-order valence-electron chi connectivity index (χ2n) is 5.48. The van der Waals surface area contributed by atoms with E-state index in [9.17, 15) is 0 Å². The Morgan fingerprint density at radius 2 is 1.94 bits per heavy atom. The van der Waals surface area contributed by atoms with Crippen LogP contribution in [0.5, 0.6) is 0 Å². The summed E-state index contributed by atoms with van der Waals surface area (Å²) in [7, 11) is 0. The van der Waals surface area contributed by atoms with Gasteiger partial charge < -0.3 is 9.88 Å². The number of rotatable bonds is 5. The molecule has 1 aromatic rings. The Kier molecular flexibility index (Phi) is 5.56. The van der Waals surface area contributed by atoms with Gasteiger partial charge in [0.2, 0.25) is 5.95 Å². The molecule has 18 heavy (non-hydrogen) atoms. The van der Waals surface area contributed by atoms with Crippen LogP contribution in [0.2, 0.25) is 0 Å². The number of aryl methyl sites for hydroxylation is 1. The summed E-state index contributed by atoms with van der Waals surface area (Å²) in [5, 5.41) is 3.66. The normalized spacial score (nSPS) is 18.3. The zero-order chi connectivity index (χ0) is 12.6. The Morgan fingerprint density at radius 1 is 1.22 bits per heavy atom. The van der Waals surface area contributed by atoms with E-state index in [0.29, 0.717) is 6.04 Å². The lowest BCUT2D eigenvalue weighted by Gasteiger charge is -2.22. The summed E-state index contributed by atoms with van der Waals surface area (Å²) in [5.41, 5.74) is 0. The zero-order valence-electron chi connectivity index (χ0n) is 11.7. The first kappa shape index (κ1) is 13.4. The van der Waals surface area contributed by atoms with E-state index in [4.69, 9.17) is 0 Å². The third-order valence-corrected chi connectivity index (χ3v) is 3.91.